The van der Waals surface area contributed by atoms with Crippen LogP contribution in [0, 0.1) is 6.92 Å². The van der Waals surface area contributed by atoms with Crippen LogP contribution < -0.4 is 4.90 Å². The maximum absolute atomic E-state index is 11.7. The fourth-order valence-corrected chi connectivity index (χ4v) is 2.07. The zero-order valence-electron chi connectivity index (χ0n) is 10.2. The Morgan fingerprint density at radius 2 is 1.65 bits per heavy atom. The minimum Gasteiger partial charge on any atom is -0.269 e. The van der Waals surface area contributed by atoms with Gasteiger partial charge in [-0.1, -0.05) is 32.0 Å². The van der Waals surface area contributed by atoms with Crippen LogP contribution in [0.5, 0.6) is 0 Å². The predicted octanol–water partition coefficient (Wildman–Crippen LogP) is 2.55. The molecule has 17 heavy (non-hydrogen) atoms. The quantitative estimate of drug-likeness (QED) is 0.731. The molecule has 2 amide bonds. The molecule has 0 fully saturated rings. The molecule has 0 radical (unpaired) electrons. The van der Waals surface area contributed by atoms with Crippen molar-refractivity contribution in [2.24, 2.45) is 0 Å². The van der Waals surface area contributed by atoms with Crippen molar-refractivity contribution < 1.29 is 9.59 Å². The molecule has 3 heteroatoms. The predicted molar refractivity (Wildman–Crippen MR) is 66.9 cm³/mol. The minimum absolute atomic E-state index is 0.258. The highest BCUT2D eigenvalue weighted by atomic mass is 16.2. The molecular formula is C14H15NO2. The van der Waals surface area contributed by atoms with Gasteiger partial charge in [-0.3, -0.25) is 9.59 Å². The van der Waals surface area contributed by atoms with E-state index in [2.05, 4.69) is 13.8 Å². The van der Waals surface area contributed by atoms with Gasteiger partial charge in [-0.25, -0.2) is 4.90 Å². The zero-order chi connectivity index (χ0) is 12.6. The molecule has 1 aliphatic heterocycles. The van der Waals surface area contributed by atoms with Crippen molar-refractivity contribution in [3.63, 3.8) is 0 Å². The summed E-state index contributed by atoms with van der Waals surface area (Å²) in [5.74, 6) is -0.247. The molecule has 0 aliphatic carbocycles. The summed E-state index contributed by atoms with van der Waals surface area (Å²) in [6.07, 6.45) is 2.64. The number of amides is 2. The Morgan fingerprint density at radius 3 is 2.18 bits per heavy atom. The van der Waals surface area contributed by atoms with Crippen LogP contribution in [0.1, 0.15) is 30.9 Å². The topological polar surface area (TPSA) is 37.4 Å². The first-order valence-corrected chi connectivity index (χ1v) is 5.68. The fourth-order valence-electron chi connectivity index (χ4n) is 2.07. The van der Waals surface area contributed by atoms with E-state index in [1.165, 1.54) is 17.1 Å². The van der Waals surface area contributed by atoms with Gasteiger partial charge in [-0.2, -0.15) is 0 Å². The van der Waals surface area contributed by atoms with Gasteiger partial charge >= 0.3 is 0 Å². The Labute approximate surface area is 101 Å². The number of aryl methyl sites for hydroxylation is 1. The summed E-state index contributed by atoms with van der Waals surface area (Å²) < 4.78 is 0. The van der Waals surface area contributed by atoms with Gasteiger partial charge in [-0.15, -0.1) is 0 Å². The number of rotatable bonds is 2. The van der Waals surface area contributed by atoms with Crippen molar-refractivity contribution >= 4 is 17.5 Å². The van der Waals surface area contributed by atoms with Crippen molar-refractivity contribution in [3.8, 4) is 0 Å². The largest absolute Gasteiger partial charge is 0.269 e. The number of hydrogen-bond donors (Lipinski definition) is 0. The molecule has 0 N–H and O–H groups in total. The van der Waals surface area contributed by atoms with E-state index < -0.39 is 0 Å². The molecule has 0 unspecified atom stereocenters. The third kappa shape index (κ3) is 1.88. The molecular weight excluding hydrogens is 214 g/mol. The third-order valence-electron chi connectivity index (χ3n) is 2.92. The maximum atomic E-state index is 11.7. The summed E-state index contributed by atoms with van der Waals surface area (Å²) in [4.78, 5) is 24.7. The van der Waals surface area contributed by atoms with E-state index in [9.17, 15) is 9.59 Å². The van der Waals surface area contributed by atoms with E-state index in [1.54, 1.807) is 0 Å². The Bertz CT molecular complexity index is 497. The number of carbonyl (C=O) groups excluding carboxylic acids is 2. The first kappa shape index (κ1) is 11.6. The van der Waals surface area contributed by atoms with E-state index in [0.717, 1.165) is 16.8 Å². The Morgan fingerprint density at radius 1 is 1.06 bits per heavy atom. The molecule has 88 valence electrons. The van der Waals surface area contributed by atoms with Crippen LogP contribution in [0.4, 0.5) is 5.69 Å². The molecule has 2 rings (SSSR count). The SMILES string of the molecule is Cc1cccc(C(C)C)c1N1C(=O)C=CC1=O. The molecule has 0 saturated carbocycles. The Hall–Kier alpha value is -1.90. The lowest BCUT2D eigenvalue weighted by Gasteiger charge is -2.22. The van der Waals surface area contributed by atoms with E-state index in [1.807, 2.05) is 25.1 Å². The second-order valence-corrected chi connectivity index (χ2v) is 4.51. The van der Waals surface area contributed by atoms with Crippen LogP contribution in [0.2, 0.25) is 0 Å². The average molecular weight is 229 g/mol. The highest BCUT2D eigenvalue weighted by molar-refractivity contribution is 6.28. The summed E-state index contributed by atoms with van der Waals surface area (Å²) in [6.45, 7) is 6.02. The average Bonchev–Trinajstić information content (AvgIpc) is 2.59. The molecule has 0 atom stereocenters. The number of para-hydroxylation sites is 1. The zero-order valence-corrected chi connectivity index (χ0v) is 10.2. The fraction of sp³-hybridized carbons (Fsp3) is 0.286. The standard InChI is InChI=1S/C14H15NO2/c1-9(2)11-6-4-5-10(3)14(11)15-12(16)7-8-13(15)17/h4-9H,1-3H3. The maximum Gasteiger partial charge on any atom is 0.258 e. The van der Waals surface area contributed by atoms with Crippen molar-refractivity contribution in [1.29, 1.82) is 0 Å². The van der Waals surface area contributed by atoms with Gasteiger partial charge in [0.2, 0.25) is 0 Å². The molecule has 0 saturated heterocycles. The van der Waals surface area contributed by atoms with Crippen molar-refractivity contribution in [2.45, 2.75) is 26.7 Å². The smallest absolute Gasteiger partial charge is 0.258 e. The third-order valence-corrected chi connectivity index (χ3v) is 2.92. The van der Waals surface area contributed by atoms with E-state index >= 15 is 0 Å². The van der Waals surface area contributed by atoms with E-state index in [4.69, 9.17) is 0 Å². The van der Waals surface area contributed by atoms with Gasteiger partial charge in [0.25, 0.3) is 11.8 Å². The van der Waals surface area contributed by atoms with Crippen LogP contribution in [-0.2, 0) is 9.59 Å². The van der Waals surface area contributed by atoms with Crippen molar-refractivity contribution in [3.05, 3.63) is 41.5 Å². The summed E-state index contributed by atoms with van der Waals surface area (Å²) in [6, 6.07) is 5.83. The molecule has 3 nitrogen and oxygen atoms in total. The van der Waals surface area contributed by atoms with Gasteiger partial charge in [0, 0.05) is 12.2 Å². The van der Waals surface area contributed by atoms with Gasteiger partial charge in [0.15, 0.2) is 0 Å². The molecule has 1 heterocycles. The number of nitrogens with zero attached hydrogens (tertiary/aromatic N) is 1. The molecule has 1 aliphatic rings. The molecule has 0 aromatic heterocycles. The molecule has 1 aromatic rings. The summed E-state index contributed by atoms with van der Waals surface area (Å²) >= 11 is 0. The highest BCUT2D eigenvalue weighted by Crippen LogP contribution is 2.32. The van der Waals surface area contributed by atoms with Crippen LogP contribution in [0.25, 0.3) is 0 Å². The van der Waals surface area contributed by atoms with Gasteiger partial charge < -0.3 is 0 Å². The summed E-state index contributed by atoms with van der Waals surface area (Å²) in [5.41, 5.74) is 2.71. The highest BCUT2D eigenvalue weighted by Gasteiger charge is 2.28. The summed E-state index contributed by atoms with van der Waals surface area (Å²) in [5, 5.41) is 0. The minimum atomic E-state index is -0.258. The molecule has 0 spiro atoms. The molecule has 0 bridgehead atoms. The van der Waals surface area contributed by atoms with Crippen LogP contribution >= 0.6 is 0 Å². The van der Waals surface area contributed by atoms with E-state index in [0.29, 0.717) is 0 Å². The van der Waals surface area contributed by atoms with Gasteiger partial charge in [0.1, 0.15) is 0 Å². The normalized spacial score (nSPS) is 15.2. The molecule has 1 aromatic carbocycles. The first-order chi connectivity index (χ1) is 8.02. The lowest BCUT2D eigenvalue weighted by atomic mass is 9.97. The van der Waals surface area contributed by atoms with Crippen LogP contribution in [0.15, 0.2) is 30.4 Å². The Balaban J connectivity index is 2.58. The number of hydrogen-bond acceptors (Lipinski definition) is 2. The number of benzene rings is 1. The van der Waals surface area contributed by atoms with Gasteiger partial charge in [-0.05, 0) is 24.0 Å². The Kier molecular flexibility index (Phi) is 2.84. The monoisotopic (exact) mass is 229 g/mol. The van der Waals surface area contributed by atoms with Crippen molar-refractivity contribution in [1.82, 2.24) is 0 Å². The number of carbonyl (C=O) groups is 2. The lowest BCUT2D eigenvalue weighted by molar-refractivity contribution is -0.120. The van der Waals surface area contributed by atoms with Crippen molar-refractivity contribution in [2.75, 3.05) is 4.90 Å². The number of imide groups is 1. The first-order valence-electron chi connectivity index (χ1n) is 5.68. The summed E-state index contributed by atoms with van der Waals surface area (Å²) in [7, 11) is 0. The van der Waals surface area contributed by atoms with Crippen LogP contribution in [0.3, 0.4) is 0 Å². The van der Waals surface area contributed by atoms with Gasteiger partial charge in [0.05, 0.1) is 5.69 Å². The second-order valence-electron chi connectivity index (χ2n) is 4.51. The second kappa shape index (κ2) is 4.17. The van der Waals surface area contributed by atoms with E-state index in [-0.39, 0.29) is 17.7 Å². The number of anilines is 1. The lowest BCUT2D eigenvalue weighted by Crippen LogP contribution is -2.31. The van der Waals surface area contributed by atoms with Crippen LogP contribution in [-0.4, -0.2) is 11.8 Å².